The van der Waals surface area contributed by atoms with Crippen molar-refractivity contribution < 1.29 is 0 Å². The molecule has 4 aromatic rings. The van der Waals surface area contributed by atoms with Gasteiger partial charge < -0.3 is 15.2 Å². The summed E-state index contributed by atoms with van der Waals surface area (Å²) < 4.78 is 0. The highest BCUT2D eigenvalue weighted by molar-refractivity contribution is 5.81. The van der Waals surface area contributed by atoms with Crippen LogP contribution in [-0.4, -0.2) is 70.1 Å². The highest BCUT2D eigenvalue weighted by Gasteiger charge is 2.12. The van der Waals surface area contributed by atoms with Crippen molar-refractivity contribution in [3.8, 4) is 11.3 Å². The molecule has 164 valence electrons. The molecule has 0 unspecified atom stereocenters. The molecule has 8 heteroatoms. The molecule has 1 aromatic carbocycles. The third-order valence-electron chi connectivity index (χ3n) is 5.78. The molecule has 0 saturated carbocycles. The molecule has 1 saturated heterocycles. The Morgan fingerprint density at radius 1 is 1.00 bits per heavy atom. The summed E-state index contributed by atoms with van der Waals surface area (Å²) in [5.74, 6) is 1.80. The van der Waals surface area contributed by atoms with E-state index >= 15 is 0 Å². The number of hydrogen-bond donors (Lipinski definition) is 2. The normalized spacial score (nSPS) is 14.7. The molecule has 8 nitrogen and oxygen atoms in total. The number of hydrogen-bond acceptors (Lipinski definition) is 7. The first-order valence-electron chi connectivity index (χ1n) is 11.0. The third-order valence-corrected chi connectivity index (χ3v) is 5.78. The number of benzene rings is 1. The van der Waals surface area contributed by atoms with Crippen molar-refractivity contribution >= 4 is 16.9 Å². The molecule has 0 spiro atoms. The number of piperazine rings is 1. The molecule has 32 heavy (non-hydrogen) atoms. The maximum absolute atomic E-state index is 4.78. The first kappa shape index (κ1) is 20.5. The predicted molar refractivity (Wildman–Crippen MR) is 127 cm³/mol. The van der Waals surface area contributed by atoms with Gasteiger partial charge in [-0.15, -0.1) is 0 Å². The summed E-state index contributed by atoms with van der Waals surface area (Å²) in [5.41, 5.74) is 6.21. The Bertz CT molecular complexity index is 1210. The average Bonchev–Trinajstić information content (AvgIpc) is 3.21. The van der Waals surface area contributed by atoms with Gasteiger partial charge in [-0.25, -0.2) is 15.0 Å². The van der Waals surface area contributed by atoms with Crippen LogP contribution in [0.4, 0.5) is 5.82 Å². The van der Waals surface area contributed by atoms with E-state index in [1.54, 1.807) is 6.33 Å². The Kier molecular flexibility index (Phi) is 5.79. The zero-order chi connectivity index (χ0) is 21.9. The zero-order valence-corrected chi connectivity index (χ0v) is 18.5. The summed E-state index contributed by atoms with van der Waals surface area (Å²) in [5, 5.41) is 3.40. The van der Waals surface area contributed by atoms with Gasteiger partial charge in [-0.1, -0.05) is 6.07 Å². The minimum absolute atomic E-state index is 0.678. The average molecular weight is 429 g/mol. The van der Waals surface area contributed by atoms with E-state index in [9.17, 15) is 0 Å². The van der Waals surface area contributed by atoms with Gasteiger partial charge in [-0.2, -0.15) is 0 Å². The molecule has 1 fully saturated rings. The van der Waals surface area contributed by atoms with Gasteiger partial charge in [0.1, 0.15) is 18.0 Å². The maximum Gasteiger partial charge on any atom is 0.132 e. The van der Waals surface area contributed by atoms with Crippen LogP contribution in [0.2, 0.25) is 0 Å². The third kappa shape index (κ3) is 4.61. The van der Waals surface area contributed by atoms with Gasteiger partial charge in [0.15, 0.2) is 0 Å². The molecule has 0 radical (unpaired) electrons. The van der Waals surface area contributed by atoms with Crippen molar-refractivity contribution in [3.63, 3.8) is 0 Å². The Hall–Kier alpha value is -3.36. The molecule has 1 aliphatic rings. The van der Waals surface area contributed by atoms with E-state index in [4.69, 9.17) is 4.98 Å². The van der Waals surface area contributed by atoms with E-state index in [1.165, 1.54) is 5.56 Å². The molecule has 4 heterocycles. The fourth-order valence-electron chi connectivity index (χ4n) is 4.08. The largest absolute Gasteiger partial charge is 0.363 e. The molecular weight excluding hydrogens is 400 g/mol. The lowest BCUT2D eigenvalue weighted by molar-refractivity contribution is 0.233. The van der Waals surface area contributed by atoms with Gasteiger partial charge >= 0.3 is 0 Å². The van der Waals surface area contributed by atoms with Crippen LogP contribution in [-0.2, 0) is 13.0 Å². The van der Waals surface area contributed by atoms with Crippen LogP contribution in [0.25, 0.3) is 22.3 Å². The molecular formula is C24H28N8. The molecule has 0 bridgehead atoms. The smallest absolute Gasteiger partial charge is 0.132 e. The van der Waals surface area contributed by atoms with Gasteiger partial charge in [0.05, 0.1) is 16.7 Å². The summed E-state index contributed by atoms with van der Waals surface area (Å²) in [6.45, 7) is 5.27. The van der Waals surface area contributed by atoms with Crippen LogP contribution < -0.4 is 10.2 Å². The highest BCUT2D eigenvalue weighted by Crippen LogP contribution is 2.24. The first-order chi connectivity index (χ1) is 15.6. The molecule has 2 N–H and O–H groups in total. The van der Waals surface area contributed by atoms with Crippen LogP contribution >= 0.6 is 0 Å². The zero-order valence-electron chi connectivity index (χ0n) is 18.5. The number of aromatic nitrogens is 5. The van der Waals surface area contributed by atoms with Crippen LogP contribution in [0.3, 0.4) is 0 Å². The molecule has 0 atom stereocenters. The SMILES string of the molecule is CN(C)c1cc(-c2ccc3nc(Cc4cc(CN5CCNCC5)ccn4)[nH]c3c2)ncn1. The van der Waals surface area contributed by atoms with Gasteiger partial charge in [0.25, 0.3) is 0 Å². The Labute approximate surface area is 187 Å². The molecule has 0 amide bonds. The van der Waals surface area contributed by atoms with Crippen molar-refractivity contribution in [2.45, 2.75) is 13.0 Å². The fraction of sp³-hybridized carbons (Fsp3) is 0.333. The Morgan fingerprint density at radius 3 is 2.72 bits per heavy atom. The monoisotopic (exact) mass is 428 g/mol. The fourth-order valence-corrected chi connectivity index (χ4v) is 4.08. The summed E-state index contributed by atoms with van der Waals surface area (Å²) in [6.07, 6.45) is 4.19. The second kappa shape index (κ2) is 9.02. The van der Waals surface area contributed by atoms with E-state index in [1.807, 2.05) is 37.3 Å². The van der Waals surface area contributed by atoms with Gasteiger partial charge in [0, 0.05) is 76.8 Å². The van der Waals surface area contributed by atoms with E-state index in [0.717, 1.165) is 72.4 Å². The van der Waals surface area contributed by atoms with Gasteiger partial charge in [0.2, 0.25) is 0 Å². The number of pyridine rings is 1. The number of fused-ring (bicyclic) bond motifs is 1. The summed E-state index contributed by atoms with van der Waals surface area (Å²) in [7, 11) is 3.95. The molecule has 0 aliphatic carbocycles. The van der Waals surface area contributed by atoms with Crippen LogP contribution in [0.15, 0.2) is 48.9 Å². The van der Waals surface area contributed by atoms with E-state index in [-0.39, 0.29) is 0 Å². The number of anilines is 1. The van der Waals surface area contributed by atoms with Crippen LogP contribution in [0.5, 0.6) is 0 Å². The quantitative estimate of drug-likeness (QED) is 0.488. The second-order valence-corrected chi connectivity index (χ2v) is 8.43. The van der Waals surface area contributed by atoms with Gasteiger partial charge in [-0.05, 0) is 29.8 Å². The standard InChI is InChI=1S/C24H28N8/c1-31(2)24-14-21(27-16-28-24)18-3-4-20-22(12-18)30-23(29-20)13-19-11-17(5-6-26-19)15-32-9-7-25-8-10-32/h3-6,11-12,14,16,25H,7-10,13,15H2,1-2H3,(H,29,30). The van der Waals surface area contributed by atoms with Crippen molar-refractivity contribution in [1.82, 2.24) is 35.1 Å². The summed E-state index contributed by atoms with van der Waals surface area (Å²) in [6, 6.07) is 12.5. The van der Waals surface area contributed by atoms with E-state index < -0.39 is 0 Å². The molecule has 3 aromatic heterocycles. The summed E-state index contributed by atoms with van der Waals surface area (Å²) in [4.78, 5) is 26.0. The number of nitrogens with zero attached hydrogens (tertiary/aromatic N) is 6. The summed E-state index contributed by atoms with van der Waals surface area (Å²) >= 11 is 0. The minimum atomic E-state index is 0.678. The predicted octanol–water partition coefficient (Wildman–Crippen LogP) is 2.48. The highest BCUT2D eigenvalue weighted by atomic mass is 15.2. The number of imidazole rings is 1. The minimum Gasteiger partial charge on any atom is -0.363 e. The molecule has 5 rings (SSSR count). The van der Waals surface area contributed by atoms with Gasteiger partial charge in [-0.3, -0.25) is 9.88 Å². The second-order valence-electron chi connectivity index (χ2n) is 8.43. The maximum atomic E-state index is 4.78. The molecule has 1 aliphatic heterocycles. The number of aromatic amines is 1. The lowest BCUT2D eigenvalue weighted by Crippen LogP contribution is -2.42. The van der Waals surface area contributed by atoms with Crippen LogP contribution in [0.1, 0.15) is 17.1 Å². The van der Waals surface area contributed by atoms with Crippen molar-refractivity contribution in [2.24, 2.45) is 0 Å². The lowest BCUT2D eigenvalue weighted by Gasteiger charge is -2.27. The van der Waals surface area contributed by atoms with Crippen molar-refractivity contribution in [2.75, 3.05) is 45.2 Å². The first-order valence-corrected chi connectivity index (χ1v) is 11.0. The van der Waals surface area contributed by atoms with E-state index in [0.29, 0.717) is 6.42 Å². The van der Waals surface area contributed by atoms with E-state index in [2.05, 4.69) is 54.4 Å². The Balaban J connectivity index is 1.34. The van der Waals surface area contributed by atoms with Crippen LogP contribution in [0, 0.1) is 0 Å². The number of nitrogens with one attached hydrogen (secondary N) is 2. The van der Waals surface area contributed by atoms with Crippen molar-refractivity contribution in [3.05, 3.63) is 66.0 Å². The Morgan fingerprint density at radius 2 is 1.88 bits per heavy atom. The lowest BCUT2D eigenvalue weighted by atomic mass is 10.1. The number of H-pyrrole nitrogens is 1. The topological polar surface area (TPSA) is 85.9 Å². The van der Waals surface area contributed by atoms with Crippen molar-refractivity contribution in [1.29, 1.82) is 0 Å². The number of rotatable bonds is 6.